The number of aliphatic hydroxyl groups is 2. The van der Waals surface area contributed by atoms with Crippen molar-refractivity contribution in [2.24, 2.45) is 0 Å². The highest BCUT2D eigenvalue weighted by Gasteiger charge is 2.51. The second kappa shape index (κ2) is 13.6. The molecule has 0 saturated carbocycles. The van der Waals surface area contributed by atoms with Gasteiger partial charge < -0.3 is 29.9 Å². The van der Waals surface area contributed by atoms with Crippen LogP contribution in [0.4, 0.5) is 4.39 Å². The van der Waals surface area contributed by atoms with Gasteiger partial charge in [-0.25, -0.2) is 4.39 Å². The Balaban J connectivity index is 1.77. The van der Waals surface area contributed by atoms with Crippen molar-refractivity contribution >= 4 is 18.1 Å². The summed E-state index contributed by atoms with van der Waals surface area (Å²) in [6, 6.07) is 7.87. The maximum atomic E-state index is 13.6. The number of halogens is 1. The quantitative estimate of drug-likeness (QED) is 0.193. The van der Waals surface area contributed by atoms with Crippen molar-refractivity contribution in [3.63, 3.8) is 0 Å². The summed E-state index contributed by atoms with van der Waals surface area (Å²) in [6.07, 6.45) is 4.08. The number of benzene rings is 2. The monoisotopic (exact) mass is 566 g/mol. The maximum absolute atomic E-state index is 13.6. The van der Waals surface area contributed by atoms with Gasteiger partial charge in [0, 0.05) is 36.2 Å². The minimum Gasteiger partial charge on any atom is -0.493 e. The Bertz CT molecular complexity index is 1310. The lowest BCUT2D eigenvalue weighted by Gasteiger charge is -2.41. The van der Waals surface area contributed by atoms with E-state index < -0.39 is 35.9 Å². The molecule has 0 aromatic heterocycles. The minimum absolute atomic E-state index is 0.00623. The van der Waals surface area contributed by atoms with Crippen LogP contribution in [-0.2, 0) is 16.1 Å². The molecule has 0 spiro atoms. The molecule has 3 N–H and O–H groups in total. The minimum atomic E-state index is -1.26. The molecule has 218 valence electrons. The fourth-order valence-corrected chi connectivity index (χ4v) is 5.41. The van der Waals surface area contributed by atoms with Crippen LogP contribution in [0.2, 0.25) is 0 Å². The number of hydrogen-bond acceptors (Lipinski definition) is 7. The van der Waals surface area contributed by atoms with Crippen LogP contribution in [0.3, 0.4) is 0 Å². The van der Waals surface area contributed by atoms with E-state index in [0.29, 0.717) is 35.1 Å². The zero-order valence-electron chi connectivity index (χ0n) is 22.9. The molecular formula is C31H35FN2O7. The van der Waals surface area contributed by atoms with E-state index in [4.69, 9.17) is 9.47 Å². The van der Waals surface area contributed by atoms with E-state index in [1.165, 1.54) is 30.2 Å². The Morgan fingerprint density at radius 1 is 1.22 bits per heavy atom. The number of hydrogen-bond donors (Lipinski definition) is 3. The predicted molar refractivity (Wildman–Crippen MR) is 149 cm³/mol. The van der Waals surface area contributed by atoms with Crippen molar-refractivity contribution in [3.05, 3.63) is 83.2 Å². The summed E-state index contributed by atoms with van der Waals surface area (Å²) in [5, 5.41) is 23.7. The largest absolute Gasteiger partial charge is 0.493 e. The van der Waals surface area contributed by atoms with Gasteiger partial charge in [-0.05, 0) is 55.2 Å². The number of carbonyl (C=O) groups excluding carboxylic acids is 3. The first-order valence-electron chi connectivity index (χ1n) is 13.6. The fourth-order valence-electron chi connectivity index (χ4n) is 5.41. The van der Waals surface area contributed by atoms with E-state index in [2.05, 4.69) is 11.9 Å². The standard InChI is InChI=1S/C31H35FN2O7/c1-3-4-5-6-7-26(37)34(17-19-8-10-21(32)11-9-19)24-16-23(31(39)33-12-13-35)27-22-14-20(18-36)15-25(40-2)29(22)41-30(27)28(24)38/h3,8-11,14-16,18,24,27-28,30,35,38H,1,4-7,12-13,17H2,2H3,(H,33,39). The number of rotatable bonds is 13. The molecule has 0 radical (unpaired) electrons. The number of carbonyl (C=O) groups is 3. The highest BCUT2D eigenvalue weighted by atomic mass is 19.1. The Kier molecular flexibility index (Phi) is 9.91. The van der Waals surface area contributed by atoms with Crippen LogP contribution >= 0.6 is 0 Å². The summed E-state index contributed by atoms with van der Waals surface area (Å²) < 4.78 is 25.3. The first-order valence-corrected chi connectivity index (χ1v) is 13.6. The van der Waals surface area contributed by atoms with E-state index in [0.717, 1.165) is 12.8 Å². The van der Waals surface area contributed by atoms with Crippen molar-refractivity contribution < 1.29 is 38.5 Å². The highest BCUT2D eigenvalue weighted by Crippen LogP contribution is 2.51. The number of unbranched alkanes of at least 4 members (excludes halogenated alkanes) is 2. The van der Waals surface area contributed by atoms with Gasteiger partial charge in [0.2, 0.25) is 11.8 Å². The summed E-state index contributed by atoms with van der Waals surface area (Å²) in [4.78, 5) is 40.2. The average molecular weight is 567 g/mol. The molecule has 0 bridgehead atoms. The van der Waals surface area contributed by atoms with Crippen LogP contribution in [-0.4, -0.2) is 71.7 Å². The van der Waals surface area contributed by atoms with Crippen LogP contribution in [0.25, 0.3) is 0 Å². The molecule has 1 aliphatic heterocycles. The average Bonchev–Trinajstić information content (AvgIpc) is 3.37. The Morgan fingerprint density at radius 2 is 1.98 bits per heavy atom. The molecule has 4 atom stereocenters. The summed E-state index contributed by atoms with van der Waals surface area (Å²) in [5.74, 6) is -1.35. The van der Waals surface area contributed by atoms with Gasteiger partial charge >= 0.3 is 0 Å². The topological polar surface area (TPSA) is 125 Å². The molecule has 1 heterocycles. The summed E-state index contributed by atoms with van der Waals surface area (Å²) in [7, 11) is 1.43. The predicted octanol–water partition coefficient (Wildman–Crippen LogP) is 3.04. The second-order valence-electron chi connectivity index (χ2n) is 10.1. The van der Waals surface area contributed by atoms with Crippen LogP contribution in [0.15, 0.2) is 60.7 Å². The van der Waals surface area contributed by atoms with E-state index in [9.17, 15) is 29.0 Å². The molecule has 0 fully saturated rings. The Labute approximate surface area is 238 Å². The molecule has 4 unspecified atom stereocenters. The molecule has 0 saturated heterocycles. The van der Waals surface area contributed by atoms with Crippen molar-refractivity contribution in [1.82, 2.24) is 10.2 Å². The van der Waals surface area contributed by atoms with Gasteiger partial charge in [-0.15, -0.1) is 6.58 Å². The number of aldehydes is 1. The lowest BCUT2D eigenvalue weighted by molar-refractivity contribution is -0.138. The Hall–Kier alpha value is -4.02. The van der Waals surface area contributed by atoms with Gasteiger partial charge in [0.1, 0.15) is 24.3 Å². The molecule has 2 aromatic carbocycles. The number of nitrogens with zero attached hydrogens (tertiary/aromatic N) is 1. The molecule has 41 heavy (non-hydrogen) atoms. The third-order valence-electron chi connectivity index (χ3n) is 7.41. The second-order valence-corrected chi connectivity index (χ2v) is 10.1. The van der Waals surface area contributed by atoms with Crippen molar-refractivity contribution in [2.75, 3.05) is 20.3 Å². The number of aliphatic hydroxyl groups excluding tert-OH is 2. The van der Waals surface area contributed by atoms with Crippen molar-refractivity contribution in [1.29, 1.82) is 0 Å². The van der Waals surface area contributed by atoms with E-state index in [1.807, 2.05) is 0 Å². The normalized spacial score (nSPS) is 20.6. The van der Waals surface area contributed by atoms with Gasteiger partial charge in [0.05, 0.1) is 25.7 Å². The molecular weight excluding hydrogens is 531 g/mol. The number of allylic oxidation sites excluding steroid dienone is 1. The zero-order valence-corrected chi connectivity index (χ0v) is 22.9. The molecule has 2 aromatic rings. The van der Waals surface area contributed by atoms with Crippen LogP contribution < -0.4 is 14.8 Å². The molecule has 2 amide bonds. The lowest BCUT2D eigenvalue weighted by atomic mass is 9.77. The summed E-state index contributed by atoms with van der Waals surface area (Å²) in [6.45, 7) is 3.49. The maximum Gasteiger partial charge on any atom is 0.247 e. The van der Waals surface area contributed by atoms with E-state index in [-0.39, 0.29) is 43.3 Å². The first-order chi connectivity index (χ1) is 19.8. The molecule has 1 aliphatic carbocycles. The fraction of sp³-hybridized carbons (Fsp3) is 0.387. The van der Waals surface area contributed by atoms with Crippen LogP contribution in [0.5, 0.6) is 11.5 Å². The van der Waals surface area contributed by atoms with Crippen molar-refractivity contribution in [3.8, 4) is 11.5 Å². The number of fused-ring (bicyclic) bond motifs is 3. The number of ether oxygens (including phenoxy) is 2. The zero-order chi connectivity index (χ0) is 29.5. The molecule has 2 aliphatic rings. The molecule has 4 rings (SSSR count). The smallest absolute Gasteiger partial charge is 0.247 e. The van der Waals surface area contributed by atoms with Gasteiger partial charge in [-0.2, -0.15) is 0 Å². The number of nitrogens with one attached hydrogen (secondary N) is 1. The third-order valence-corrected chi connectivity index (χ3v) is 7.41. The third kappa shape index (κ3) is 6.49. The number of amides is 2. The van der Waals surface area contributed by atoms with Gasteiger partial charge in [0.25, 0.3) is 0 Å². The van der Waals surface area contributed by atoms with Crippen molar-refractivity contribution in [2.45, 2.75) is 56.4 Å². The summed E-state index contributed by atoms with van der Waals surface area (Å²) in [5.41, 5.74) is 1.68. The summed E-state index contributed by atoms with van der Waals surface area (Å²) >= 11 is 0. The first kappa shape index (κ1) is 30.0. The van der Waals surface area contributed by atoms with Gasteiger partial charge in [-0.3, -0.25) is 14.4 Å². The van der Waals surface area contributed by atoms with E-state index in [1.54, 1.807) is 30.4 Å². The van der Waals surface area contributed by atoms with Crippen LogP contribution in [0.1, 0.15) is 53.1 Å². The lowest BCUT2D eigenvalue weighted by Crippen LogP contribution is -2.55. The van der Waals surface area contributed by atoms with E-state index >= 15 is 0 Å². The Morgan fingerprint density at radius 3 is 2.63 bits per heavy atom. The molecule has 9 nitrogen and oxygen atoms in total. The number of methoxy groups -OCH3 is 1. The highest BCUT2D eigenvalue weighted by molar-refractivity contribution is 5.96. The van der Waals surface area contributed by atoms with Crippen LogP contribution in [0, 0.1) is 5.82 Å². The molecule has 10 heteroatoms. The SMILES string of the molecule is C=CCCCCC(=O)N(Cc1ccc(F)cc1)C1C=C(C(=O)NCCO)C2c3cc(C=O)cc(OC)c3OC2C1O. The van der Waals surface area contributed by atoms with Gasteiger partial charge in [0.15, 0.2) is 11.5 Å². The van der Waals surface area contributed by atoms with Gasteiger partial charge in [-0.1, -0.05) is 18.2 Å².